The molecule has 2 aliphatic rings. The van der Waals surface area contributed by atoms with E-state index in [1.54, 1.807) is 0 Å². The summed E-state index contributed by atoms with van der Waals surface area (Å²) in [6.45, 7) is 6.84. The van der Waals surface area contributed by atoms with Crippen molar-refractivity contribution in [3.05, 3.63) is 42.5 Å². The summed E-state index contributed by atoms with van der Waals surface area (Å²) in [5.41, 5.74) is 2.70. The van der Waals surface area contributed by atoms with Gasteiger partial charge in [0.05, 0.1) is 31.3 Å². The van der Waals surface area contributed by atoms with E-state index >= 15 is 0 Å². The Hall–Kier alpha value is -3.40. The molecule has 4 heterocycles. The number of ether oxygens (including phenoxy) is 1. The van der Waals surface area contributed by atoms with Crippen LogP contribution in [-0.2, 0) is 27.9 Å². The third-order valence-corrected chi connectivity index (χ3v) is 5.84. The number of rotatable bonds is 3. The quantitative estimate of drug-likeness (QED) is 0.537. The minimum absolute atomic E-state index is 0.201. The van der Waals surface area contributed by atoms with Crippen LogP contribution in [0.2, 0.25) is 0 Å². The Morgan fingerprint density at radius 2 is 1.69 bits per heavy atom. The lowest BCUT2D eigenvalue weighted by atomic mass is 9.80. The highest BCUT2D eigenvalue weighted by Gasteiger charge is 2.40. The van der Waals surface area contributed by atoms with Crippen LogP contribution in [0.5, 0.6) is 0 Å². The largest absolute Gasteiger partial charge is 0.490 e. The van der Waals surface area contributed by atoms with Crippen LogP contribution in [0, 0.1) is 5.41 Å². The van der Waals surface area contributed by atoms with Crippen LogP contribution >= 0.6 is 0 Å². The Kier molecular flexibility index (Phi) is 11.1. The fraction of sp³-hybridized carbons (Fsp3) is 0.565. The molecule has 1 unspecified atom stereocenters. The van der Waals surface area contributed by atoms with Crippen LogP contribution in [0.3, 0.4) is 0 Å². The van der Waals surface area contributed by atoms with Gasteiger partial charge in [-0.25, -0.2) is 9.59 Å². The number of hydrogen-bond donors (Lipinski definition) is 2. The van der Waals surface area contributed by atoms with E-state index in [0.717, 1.165) is 45.9 Å². The number of hydrogen-bond acceptors (Lipinski definition) is 7. The van der Waals surface area contributed by atoms with E-state index in [1.165, 1.54) is 24.1 Å². The van der Waals surface area contributed by atoms with Gasteiger partial charge in [-0.2, -0.15) is 31.4 Å². The lowest BCUT2D eigenvalue weighted by Gasteiger charge is -2.44. The van der Waals surface area contributed by atoms with Gasteiger partial charge in [0.1, 0.15) is 0 Å². The molecule has 0 radical (unpaired) electrons. The number of aryl methyl sites for hydroxylation is 1. The number of anilines is 1. The number of nitrogens with zero attached hydrogens (tertiary/aromatic N) is 5. The summed E-state index contributed by atoms with van der Waals surface area (Å²) >= 11 is 0. The number of carboxylic acids is 2. The van der Waals surface area contributed by atoms with Crippen molar-refractivity contribution >= 4 is 17.6 Å². The maximum Gasteiger partial charge on any atom is 0.490 e. The van der Waals surface area contributed by atoms with Gasteiger partial charge >= 0.3 is 24.3 Å². The average Bonchev–Trinajstić information content (AvgIpc) is 3.14. The first-order chi connectivity index (χ1) is 18.1. The average molecular weight is 570 g/mol. The summed E-state index contributed by atoms with van der Waals surface area (Å²) in [5, 5.41) is 18.6. The van der Waals surface area contributed by atoms with E-state index in [-0.39, 0.29) is 5.41 Å². The second kappa shape index (κ2) is 13.6. The first-order valence-electron chi connectivity index (χ1n) is 11.6. The number of aromatic nitrogens is 3. The molecule has 2 aromatic heterocycles. The molecule has 16 heteroatoms. The molecule has 1 atom stereocenters. The van der Waals surface area contributed by atoms with Crippen molar-refractivity contribution in [1.82, 2.24) is 19.7 Å². The predicted molar refractivity (Wildman–Crippen MR) is 125 cm³/mol. The highest BCUT2D eigenvalue weighted by molar-refractivity contribution is 5.73. The normalized spacial score (nSPS) is 20.2. The van der Waals surface area contributed by atoms with E-state index in [9.17, 15) is 26.3 Å². The molecule has 0 bridgehead atoms. The molecule has 218 valence electrons. The fourth-order valence-electron chi connectivity index (χ4n) is 4.26. The van der Waals surface area contributed by atoms with Crippen molar-refractivity contribution in [2.45, 2.75) is 31.7 Å². The van der Waals surface area contributed by atoms with Crippen molar-refractivity contribution in [3.8, 4) is 0 Å². The molecular formula is C23H29F6N5O5. The number of carbonyl (C=O) groups is 2. The van der Waals surface area contributed by atoms with Crippen LogP contribution in [0.25, 0.3) is 0 Å². The van der Waals surface area contributed by atoms with Gasteiger partial charge in [-0.1, -0.05) is 0 Å². The number of aliphatic carboxylic acids is 2. The van der Waals surface area contributed by atoms with E-state index in [0.29, 0.717) is 0 Å². The lowest BCUT2D eigenvalue weighted by Crippen LogP contribution is -2.50. The molecule has 2 aliphatic heterocycles. The van der Waals surface area contributed by atoms with E-state index in [2.05, 4.69) is 32.1 Å². The molecule has 2 aromatic rings. The molecular weight excluding hydrogens is 540 g/mol. The van der Waals surface area contributed by atoms with Crippen LogP contribution in [0.15, 0.2) is 36.9 Å². The van der Waals surface area contributed by atoms with Crippen molar-refractivity contribution < 1.29 is 50.9 Å². The zero-order valence-electron chi connectivity index (χ0n) is 21.0. The van der Waals surface area contributed by atoms with Crippen molar-refractivity contribution in [3.63, 3.8) is 0 Å². The summed E-state index contributed by atoms with van der Waals surface area (Å²) in [6, 6.07) is 4.17. The lowest BCUT2D eigenvalue weighted by molar-refractivity contribution is -0.193. The van der Waals surface area contributed by atoms with Crippen LogP contribution in [-0.4, -0.2) is 93.6 Å². The third-order valence-electron chi connectivity index (χ3n) is 5.84. The van der Waals surface area contributed by atoms with Gasteiger partial charge in [0.25, 0.3) is 0 Å². The summed E-state index contributed by atoms with van der Waals surface area (Å²) in [5.74, 6) is -5.51. The Bertz CT molecular complexity index is 1040. The molecule has 4 rings (SSSR count). The van der Waals surface area contributed by atoms with Gasteiger partial charge in [0.2, 0.25) is 0 Å². The number of piperidine rings is 1. The Morgan fingerprint density at radius 1 is 1.05 bits per heavy atom. The van der Waals surface area contributed by atoms with E-state index in [1.807, 2.05) is 36.4 Å². The fourth-order valence-corrected chi connectivity index (χ4v) is 4.26. The number of likely N-dealkylation sites (tertiary alicyclic amines) is 1. The monoisotopic (exact) mass is 569 g/mol. The Labute approximate surface area is 219 Å². The van der Waals surface area contributed by atoms with Gasteiger partial charge in [0.15, 0.2) is 0 Å². The molecule has 39 heavy (non-hydrogen) atoms. The molecule has 0 aliphatic carbocycles. The molecule has 1 spiro atoms. The van der Waals surface area contributed by atoms with Crippen LogP contribution in [0.1, 0.15) is 18.4 Å². The maximum atomic E-state index is 10.6. The summed E-state index contributed by atoms with van der Waals surface area (Å²) in [7, 11) is 1.98. The zero-order chi connectivity index (χ0) is 29.3. The number of halogens is 6. The maximum absolute atomic E-state index is 10.6. The molecule has 0 saturated carbocycles. The van der Waals surface area contributed by atoms with Crippen molar-refractivity contribution in [2.24, 2.45) is 12.5 Å². The predicted octanol–water partition coefficient (Wildman–Crippen LogP) is 3.20. The molecule has 2 fully saturated rings. The topological polar surface area (TPSA) is 121 Å². The number of alkyl halides is 6. The summed E-state index contributed by atoms with van der Waals surface area (Å²) in [6.07, 6.45) is 0.191. The van der Waals surface area contributed by atoms with Gasteiger partial charge in [-0.15, -0.1) is 0 Å². The Balaban J connectivity index is 0.000000317. The minimum atomic E-state index is -5.08. The minimum Gasteiger partial charge on any atom is -0.475 e. The van der Waals surface area contributed by atoms with E-state index < -0.39 is 24.3 Å². The van der Waals surface area contributed by atoms with Crippen molar-refractivity contribution in [2.75, 3.05) is 44.3 Å². The van der Waals surface area contributed by atoms with Gasteiger partial charge in [-0.3, -0.25) is 14.6 Å². The van der Waals surface area contributed by atoms with Gasteiger partial charge in [0, 0.05) is 56.6 Å². The SMILES string of the molecule is Cn1cc(CN2CCCC3(COCCN(c4cccnc4)C3)C2)cn1.O=C(O)C(F)(F)F.O=C(O)C(F)(F)F. The standard InChI is InChI=1S/C19H27N5O.2C2HF3O2/c1-22-12-17(10-21-22)13-23-7-3-5-19(14-23)15-24(8-9-25-16-19)18-4-2-6-20-11-18;2*3-2(4,5)1(6)7/h2,4,6,10-12H,3,5,7-9,13-16H2,1H3;2*(H,6,7). The number of pyridine rings is 1. The third kappa shape index (κ3) is 10.7. The zero-order valence-corrected chi connectivity index (χ0v) is 21.0. The van der Waals surface area contributed by atoms with Crippen LogP contribution in [0.4, 0.5) is 32.0 Å². The highest BCUT2D eigenvalue weighted by atomic mass is 19.4. The van der Waals surface area contributed by atoms with Crippen molar-refractivity contribution in [1.29, 1.82) is 0 Å². The Morgan fingerprint density at radius 3 is 2.21 bits per heavy atom. The van der Waals surface area contributed by atoms with Gasteiger partial charge in [-0.05, 0) is 31.5 Å². The molecule has 10 nitrogen and oxygen atoms in total. The first-order valence-corrected chi connectivity index (χ1v) is 11.6. The summed E-state index contributed by atoms with van der Waals surface area (Å²) in [4.78, 5) is 27.1. The molecule has 2 saturated heterocycles. The summed E-state index contributed by atoms with van der Waals surface area (Å²) < 4.78 is 71.4. The molecule has 2 N–H and O–H groups in total. The van der Waals surface area contributed by atoms with E-state index in [4.69, 9.17) is 24.5 Å². The van der Waals surface area contributed by atoms with Gasteiger partial charge < -0.3 is 19.8 Å². The second-order valence-electron chi connectivity index (χ2n) is 9.13. The smallest absolute Gasteiger partial charge is 0.475 e. The number of carboxylic acid groups (broad SMARTS) is 2. The molecule has 0 amide bonds. The molecule has 0 aromatic carbocycles. The first kappa shape index (κ1) is 31.8. The van der Waals surface area contributed by atoms with Crippen LogP contribution < -0.4 is 4.90 Å². The highest BCUT2D eigenvalue weighted by Crippen LogP contribution is 2.35. The second-order valence-corrected chi connectivity index (χ2v) is 9.13.